The van der Waals surface area contributed by atoms with E-state index in [1.54, 1.807) is 0 Å². The van der Waals surface area contributed by atoms with E-state index in [9.17, 15) is 0 Å². The predicted octanol–water partition coefficient (Wildman–Crippen LogP) is -0.511. The molecule has 0 aliphatic heterocycles. The standard InChI is InChI=1S/C7H20N2Si/c8-4-1-2-5-9-6-3-7-10/h9H,1-8H2,10H3. The van der Waals surface area contributed by atoms with Gasteiger partial charge in [-0.1, -0.05) is 6.04 Å². The third-order valence-electron chi connectivity index (χ3n) is 1.51. The first-order chi connectivity index (χ1) is 4.91. The van der Waals surface area contributed by atoms with Crippen LogP contribution < -0.4 is 11.1 Å². The minimum absolute atomic E-state index is 0.836. The Morgan fingerprint density at radius 3 is 2.40 bits per heavy atom. The molecule has 2 nitrogen and oxygen atoms in total. The Hall–Kier alpha value is 0.137. The summed E-state index contributed by atoms with van der Waals surface area (Å²) in [6.45, 7) is 3.19. The summed E-state index contributed by atoms with van der Waals surface area (Å²) in [5, 5.41) is 3.39. The second-order valence-electron chi connectivity index (χ2n) is 2.60. The highest BCUT2D eigenvalue weighted by Crippen LogP contribution is 1.84. The Morgan fingerprint density at radius 1 is 1.10 bits per heavy atom. The van der Waals surface area contributed by atoms with Crippen molar-refractivity contribution in [2.45, 2.75) is 25.3 Å². The Labute approximate surface area is 67.0 Å². The van der Waals surface area contributed by atoms with Crippen molar-refractivity contribution < 1.29 is 0 Å². The molecule has 0 rings (SSSR count). The van der Waals surface area contributed by atoms with E-state index in [0.29, 0.717) is 0 Å². The van der Waals surface area contributed by atoms with Crippen molar-refractivity contribution in [2.24, 2.45) is 5.73 Å². The molecule has 0 spiro atoms. The Bertz CT molecular complexity index is 51.6. The zero-order valence-electron chi connectivity index (χ0n) is 7.03. The molecule has 10 heavy (non-hydrogen) atoms. The van der Waals surface area contributed by atoms with E-state index >= 15 is 0 Å². The van der Waals surface area contributed by atoms with Crippen molar-refractivity contribution in [3.05, 3.63) is 0 Å². The zero-order valence-corrected chi connectivity index (χ0v) is 9.03. The van der Waals surface area contributed by atoms with Crippen molar-refractivity contribution in [2.75, 3.05) is 19.6 Å². The summed E-state index contributed by atoms with van der Waals surface area (Å²) < 4.78 is 0. The molecular formula is C7H20N2Si. The normalized spacial score (nSPS) is 10.5. The Balaban J connectivity index is 2.65. The summed E-state index contributed by atoms with van der Waals surface area (Å²) in [7, 11) is 1.35. The summed E-state index contributed by atoms with van der Waals surface area (Å²) in [5.74, 6) is 0. The summed E-state index contributed by atoms with van der Waals surface area (Å²) in [6, 6.07) is 1.42. The second kappa shape index (κ2) is 9.14. The van der Waals surface area contributed by atoms with Gasteiger partial charge in [-0.3, -0.25) is 0 Å². The average Bonchev–Trinajstić information content (AvgIpc) is 1.97. The Kier molecular flexibility index (Phi) is 9.26. The van der Waals surface area contributed by atoms with E-state index in [1.165, 1.54) is 35.7 Å². The van der Waals surface area contributed by atoms with E-state index in [0.717, 1.165) is 19.5 Å². The number of nitrogens with two attached hydrogens (primary N) is 1. The zero-order chi connectivity index (χ0) is 7.66. The number of unbranched alkanes of at least 4 members (excludes halogenated alkanes) is 1. The van der Waals surface area contributed by atoms with Crippen molar-refractivity contribution in [3.63, 3.8) is 0 Å². The SMILES string of the molecule is NCCCCNCCC[SiH3]. The first-order valence-electron chi connectivity index (χ1n) is 4.32. The first-order valence-corrected chi connectivity index (χ1v) is 5.74. The molecule has 0 atom stereocenters. The van der Waals surface area contributed by atoms with E-state index in [1.807, 2.05) is 0 Å². The lowest BCUT2D eigenvalue weighted by Gasteiger charge is -2.01. The summed E-state index contributed by atoms with van der Waals surface area (Å²) >= 11 is 0. The van der Waals surface area contributed by atoms with Crippen molar-refractivity contribution in [3.8, 4) is 0 Å². The third-order valence-corrected chi connectivity index (χ3v) is 2.22. The van der Waals surface area contributed by atoms with Crippen molar-refractivity contribution in [1.82, 2.24) is 5.32 Å². The van der Waals surface area contributed by atoms with E-state index in [2.05, 4.69) is 5.32 Å². The van der Waals surface area contributed by atoms with Gasteiger partial charge in [0.1, 0.15) is 0 Å². The minimum atomic E-state index is 0.836. The molecule has 0 bridgehead atoms. The van der Waals surface area contributed by atoms with Crippen LogP contribution in [-0.4, -0.2) is 29.9 Å². The van der Waals surface area contributed by atoms with Gasteiger partial charge in [0.2, 0.25) is 0 Å². The van der Waals surface area contributed by atoms with Crippen LogP contribution in [0.15, 0.2) is 0 Å². The molecule has 0 aliphatic carbocycles. The molecule has 3 heteroatoms. The fraction of sp³-hybridized carbons (Fsp3) is 1.00. The molecule has 0 aromatic carbocycles. The molecule has 62 valence electrons. The summed E-state index contributed by atoms with van der Waals surface area (Å²) in [4.78, 5) is 0. The van der Waals surface area contributed by atoms with E-state index < -0.39 is 0 Å². The third kappa shape index (κ3) is 8.14. The van der Waals surface area contributed by atoms with Crippen LogP contribution in [0.25, 0.3) is 0 Å². The quantitative estimate of drug-likeness (QED) is 0.389. The molecule has 0 saturated heterocycles. The molecule has 0 unspecified atom stereocenters. The minimum Gasteiger partial charge on any atom is -0.330 e. The lowest BCUT2D eigenvalue weighted by molar-refractivity contribution is 0.621. The van der Waals surface area contributed by atoms with Crippen LogP contribution in [0.1, 0.15) is 19.3 Å². The van der Waals surface area contributed by atoms with Gasteiger partial charge >= 0.3 is 0 Å². The van der Waals surface area contributed by atoms with Crippen LogP contribution in [0.5, 0.6) is 0 Å². The lowest BCUT2D eigenvalue weighted by atomic mass is 10.3. The number of hydrogen-bond acceptors (Lipinski definition) is 2. The molecule has 0 saturated carbocycles. The first kappa shape index (κ1) is 10.1. The second-order valence-corrected chi connectivity index (χ2v) is 3.60. The number of rotatable bonds is 7. The van der Waals surface area contributed by atoms with Crippen LogP contribution >= 0.6 is 0 Å². The van der Waals surface area contributed by atoms with Gasteiger partial charge in [-0.05, 0) is 38.9 Å². The van der Waals surface area contributed by atoms with Gasteiger partial charge in [0.05, 0.1) is 0 Å². The highest BCUT2D eigenvalue weighted by Gasteiger charge is 1.85. The molecule has 0 aromatic heterocycles. The fourth-order valence-electron chi connectivity index (χ4n) is 0.821. The maximum absolute atomic E-state index is 5.35. The van der Waals surface area contributed by atoms with Gasteiger partial charge in [-0.25, -0.2) is 0 Å². The van der Waals surface area contributed by atoms with E-state index in [-0.39, 0.29) is 0 Å². The smallest absolute Gasteiger partial charge is 0.00286 e. The highest BCUT2D eigenvalue weighted by atomic mass is 28.1. The molecule has 0 fully saturated rings. The summed E-state index contributed by atoms with van der Waals surface area (Å²) in [5.41, 5.74) is 5.35. The van der Waals surface area contributed by atoms with Gasteiger partial charge in [0, 0.05) is 10.2 Å². The molecule has 0 amide bonds. The monoisotopic (exact) mass is 160 g/mol. The molecule has 0 aliphatic rings. The molecule has 3 N–H and O–H groups in total. The van der Waals surface area contributed by atoms with Crippen LogP contribution in [0.2, 0.25) is 6.04 Å². The summed E-state index contributed by atoms with van der Waals surface area (Å²) in [6.07, 6.45) is 3.75. The highest BCUT2D eigenvalue weighted by molar-refractivity contribution is 6.08. The predicted molar refractivity (Wildman–Crippen MR) is 50.5 cm³/mol. The fourth-order valence-corrected chi connectivity index (χ4v) is 1.17. The van der Waals surface area contributed by atoms with Crippen LogP contribution in [0, 0.1) is 0 Å². The maximum Gasteiger partial charge on any atom is 0.00286 e. The number of nitrogens with one attached hydrogen (secondary N) is 1. The van der Waals surface area contributed by atoms with Crippen LogP contribution in [-0.2, 0) is 0 Å². The van der Waals surface area contributed by atoms with Crippen molar-refractivity contribution in [1.29, 1.82) is 0 Å². The number of hydrogen-bond donors (Lipinski definition) is 2. The van der Waals surface area contributed by atoms with Crippen LogP contribution in [0.3, 0.4) is 0 Å². The topological polar surface area (TPSA) is 38.0 Å². The molecule has 0 heterocycles. The van der Waals surface area contributed by atoms with Gasteiger partial charge in [-0.2, -0.15) is 0 Å². The van der Waals surface area contributed by atoms with E-state index in [4.69, 9.17) is 5.73 Å². The largest absolute Gasteiger partial charge is 0.330 e. The molecule has 0 radical (unpaired) electrons. The molecule has 0 aromatic rings. The van der Waals surface area contributed by atoms with Crippen molar-refractivity contribution >= 4 is 10.2 Å². The van der Waals surface area contributed by atoms with Gasteiger partial charge in [-0.15, -0.1) is 0 Å². The van der Waals surface area contributed by atoms with Crippen LogP contribution in [0.4, 0.5) is 0 Å². The lowest BCUT2D eigenvalue weighted by Crippen LogP contribution is -2.17. The van der Waals surface area contributed by atoms with Gasteiger partial charge in [0.25, 0.3) is 0 Å². The average molecular weight is 160 g/mol. The molecular weight excluding hydrogens is 140 g/mol. The maximum atomic E-state index is 5.35. The van der Waals surface area contributed by atoms with Gasteiger partial charge in [0.15, 0.2) is 0 Å². The van der Waals surface area contributed by atoms with Gasteiger partial charge < -0.3 is 11.1 Å². The Morgan fingerprint density at radius 2 is 1.80 bits per heavy atom.